The molecule has 2 heterocycles. The zero-order valence-electron chi connectivity index (χ0n) is 39.1. The number of amides is 1. The molecule has 0 unspecified atom stereocenters. The Balaban J connectivity index is 1.39. The zero-order valence-corrected chi connectivity index (χ0v) is 43.4. The van der Waals surface area contributed by atoms with Crippen molar-refractivity contribution in [3.05, 3.63) is 141 Å². The Labute approximate surface area is 388 Å². The van der Waals surface area contributed by atoms with Crippen molar-refractivity contribution in [2.45, 2.75) is 129 Å². The Morgan fingerprint density at radius 2 is 1.32 bits per heavy atom. The van der Waals surface area contributed by atoms with E-state index in [-0.39, 0.29) is 40.1 Å². The van der Waals surface area contributed by atoms with Crippen molar-refractivity contribution in [3.8, 4) is 0 Å². The average Bonchev–Trinajstić information content (AvgIpc) is 3.71. The molecule has 332 valence electrons. The smallest absolute Gasteiger partial charge is 0.262 e. The molecule has 6 rings (SSSR count). The van der Waals surface area contributed by atoms with Gasteiger partial charge in [0.1, 0.15) is 10.4 Å². The van der Waals surface area contributed by atoms with Gasteiger partial charge in [0.05, 0.1) is 18.8 Å². The van der Waals surface area contributed by atoms with Gasteiger partial charge in [0, 0.05) is 28.3 Å². The second-order valence-electron chi connectivity index (χ2n) is 20.2. The minimum atomic E-state index is -2.96. The molecule has 62 heavy (non-hydrogen) atoms. The molecule has 2 aliphatic rings. The average molecular weight is 929 g/mol. The molecule has 0 radical (unpaired) electrons. The molecule has 0 N–H and O–H groups in total. The molecule has 0 aliphatic carbocycles. The third-order valence-corrected chi connectivity index (χ3v) is 24.3. The maximum Gasteiger partial charge on any atom is 0.262 e. The highest BCUT2D eigenvalue weighted by Gasteiger charge is 2.54. The molecule has 3 atom stereocenters. The summed E-state index contributed by atoms with van der Waals surface area (Å²) in [5.41, 5.74) is 2.46. The minimum absolute atomic E-state index is 0.0170. The molecule has 0 bridgehead atoms. The molecule has 0 saturated heterocycles. The van der Waals surface area contributed by atoms with E-state index >= 15 is 4.79 Å². The van der Waals surface area contributed by atoms with Gasteiger partial charge in [0.15, 0.2) is 13.5 Å². The quantitative estimate of drug-likeness (QED) is 0.111. The van der Waals surface area contributed by atoms with Gasteiger partial charge in [0.2, 0.25) is 0 Å². The molecule has 0 saturated carbocycles. The standard InChI is InChI=1S/C51H67Cl2N3O3SSi2/c1-35(2)44-45(60-48-54-51(11,38-26-30-40(53)31-27-38)46(56(44)48)37-24-28-39(52)29-25-37)47(57)55(36(3)4)33-32-41(34-58-61(12,13)49(5,6)7)59-62(50(8,9)10,42-20-16-14-17-21-42)43-22-18-15-19-23-43/h14-31,35-36,41,46H,32-34H2,1-13H3/t41-,46+,51-/m0/s1. The number of rotatable bonds is 15. The second-order valence-corrected chi connectivity index (χ2v) is 31.1. The van der Waals surface area contributed by atoms with E-state index in [1.54, 1.807) is 0 Å². The predicted octanol–water partition coefficient (Wildman–Crippen LogP) is 12.8. The first kappa shape index (κ1) is 48.3. The summed E-state index contributed by atoms with van der Waals surface area (Å²) in [6.45, 7) is 30.1. The van der Waals surface area contributed by atoms with E-state index in [0.29, 0.717) is 29.6 Å². The highest BCUT2D eigenvalue weighted by atomic mass is 35.5. The maximum atomic E-state index is 15.3. The fraction of sp³-hybridized carbons (Fsp3) is 0.451. The van der Waals surface area contributed by atoms with E-state index < -0.39 is 22.2 Å². The van der Waals surface area contributed by atoms with Crippen LogP contribution in [0.3, 0.4) is 0 Å². The van der Waals surface area contributed by atoms with E-state index in [2.05, 4.69) is 179 Å². The van der Waals surface area contributed by atoms with Crippen LogP contribution in [0.15, 0.2) is 125 Å². The number of carbonyl (C=O) groups is 1. The Morgan fingerprint density at radius 3 is 1.79 bits per heavy atom. The molecule has 11 heteroatoms. The number of hydrogen-bond acceptors (Lipinski definition) is 6. The fourth-order valence-electron chi connectivity index (χ4n) is 8.71. The summed E-state index contributed by atoms with van der Waals surface area (Å²) >= 11 is 14.3. The van der Waals surface area contributed by atoms with Crippen LogP contribution in [0.2, 0.25) is 33.2 Å². The number of aliphatic imine (C=N–C) groups is 1. The Hall–Kier alpha value is -3.16. The molecule has 0 fully saturated rings. The van der Waals surface area contributed by atoms with Crippen LogP contribution < -0.4 is 10.4 Å². The van der Waals surface area contributed by atoms with Crippen LogP contribution in [0.25, 0.3) is 0 Å². The fourth-order valence-corrected chi connectivity index (χ4v) is 16.1. The lowest BCUT2D eigenvalue weighted by atomic mass is 9.81. The normalized spacial score (nSPS) is 19.0. The first-order chi connectivity index (χ1) is 29.0. The van der Waals surface area contributed by atoms with Crippen molar-refractivity contribution in [3.63, 3.8) is 0 Å². The molecule has 1 amide bonds. The first-order valence-electron chi connectivity index (χ1n) is 22.1. The van der Waals surface area contributed by atoms with Crippen LogP contribution in [0, 0.1) is 5.92 Å². The van der Waals surface area contributed by atoms with Crippen LogP contribution >= 0.6 is 35.0 Å². The van der Waals surface area contributed by atoms with Crippen LogP contribution in [0.1, 0.15) is 99.8 Å². The van der Waals surface area contributed by atoms with Gasteiger partial charge in [-0.25, -0.2) is 4.99 Å². The summed E-state index contributed by atoms with van der Waals surface area (Å²) in [5.74, 6) is 0.0538. The third kappa shape index (κ3) is 9.61. The Bertz CT molecular complexity index is 2200. The molecular weight excluding hydrogens is 862 g/mol. The summed E-state index contributed by atoms with van der Waals surface area (Å²) < 4.78 is 14.9. The summed E-state index contributed by atoms with van der Waals surface area (Å²) in [4.78, 5) is 25.9. The highest BCUT2D eigenvalue weighted by Crippen LogP contribution is 2.56. The minimum Gasteiger partial charge on any atom is -0.414 e. The lowest BCUT2D eigenvalue weighted by molar-refractivity contribution is -0.128. The van der Waals surface area contributed by atoms with E-state index in [0.717, 1.165) is 26.9 Å². The monoisotopic (exact) mass is 927 g/mol. The Morgan fingerprint density at radius 1 is 0.806 bits per heavy atom. The van der Waals surface area contributed by atoms with Crippen molar-refractivity contribution in [2.24, 2.45) is 10.9 Å². The van der Waals surface area contributed by atoms with Gasteiger partial charge in [-0.05, 0) is 114 Å². The molecule has 6 nitrogen and oxygen atoms in total. The highest BCUT2D eigenvalue weighted by molar-refractivity contribution is 8.18. The second kappa shape index (κ2) is 18.7. The van der Waals surface area contributed by atoms with Gasteiger partial charge in [0.25, 0.3) is 14.2 Å². The molecular formula is C51H67Cl2N3O3SSi2. The number of carbonyl (C=O) groups excluding carboxylic acids is 1. The molecule has 4 aromatic carbocycles. The molecule has 0 spiro atoms. The molecule has 0 aromatic heterocycles. The van der Waals surface area contributed by atoms with Crippen molar-refractivity contribution in [1.29, 1.82) is 0 Å². The number of benzene rings is 4. The number of halogens is 2. The third-order valence-electron chi connectivity index (χ3n) is 13.1. The van der Waals surface area contributed by atoms with Crippen molar-refractivity contribution < 1.29 is 13.6 Å². The number of fused-ring (bicyclic) bond motifs is 1. The number of allylic oxidation sites excluding steroid dienone is 1. The predicted molar refractivity (Wildman–Crippen MR) is 269 cm³/mol. The van der Waals surface area contributed by atoms with Crippen LogP contribution in [-0.2, 0) is 19.2 Å². The Kier molecular flexibility index (Phi) is 14.6. The first-order valence-corrected chi connectivity index (χ1v) is 28.5. The topological polar surface area (TPSA) is 54.4 Å². The van der Waals surface area contributed by atoms with Crippen LogP contribution in [0.4, 0.5) is 0 Å². The van der Waals surface area contributed by atoms with Crippen molar-refractivity contribution in [2.75, 3.05) is 13.2 Å². The van der Waals surface area contributed by atoms with Gasteiger partial charge >= 0.3 is 0 Å². The largest absolute Gasteiger partial charge is 0.414 e. The number of nitrogens with zero attached hydrogens (tertiary/aromatic N) is 3. The van der Waals surface area contributed by atoms with Gasteiger partial charge < -0.3 is 18.7 Å². The van der Waals surface area contributed by atoms with E-state index in [4.69, 9.17) is 37.0 Å². The number of hydrogen-bond donors (Lipinski definition) is 0. The van der Waals surface area contributed by atoms with E-state index in [9.17, 15) is 0 Å². The van der Waals surface area contributed by atoms with Gasteiger partial charge in [-0.1, -0.05) is 164 Å². The SMILES string of the molecule is CC(C)C1=C(C(=O)N(CC[C@@H](CO[Si](C)(C)C(C)(C)C)O[Si](c2ccccc2)(c2ccccc2)C(C)(C)C)C(C)C)SC2=N[C@@](C)(c3ccc(Cl)cc3)[C@@H](c3ccc(Cl)cc3)N21. The number of amidine groups is 1. The van der Waals surface area contributed by atoms with E-state index in [1.165, 1.54) is 22.1 Å². The maximum absolute atomic E-state index is 15.3. The zero-order chi connectivity index (χ0) is 45.4. The lowest BCUT2D eigenvalue weighted by Gasteiger charge is -2.46. The van der Waals surface area contributed by atoms with Gasteiger partial charge in [-0.3, -0.25) is 4.79 Å². The van der Waals surface area contributed by atoms with Crippen LogP contribution in [0.5, 0.6) is 0 Å². The summed E-state index contributed by atoms with van der Waals surface area (Å²) in [5, 5.41) is 4.44. The molecule has 2 aliphatic heterocycles. The van der Waals surface area contributed by atoms with Gasteiger partial charge in [-0.2, -0.15) is 0 Å². The van der Waals surface area contributed by atoms with Crippen LogP contribution in [-0.4, -0.2) is 62.8 Å². The summed E-state index contributed by atoms with van der Waals surface area (Å²) in [6, 6.07) is 37.3. The summed E-state index contributed by atoms with van der Waals surface area (Å²) in [7, 11) is -5.13. The van der Waals surface area contributed by atoms with E-state index in [1.807, 2.05) is 29.2 Å². The van der Waals surface area contributed by atoms with Crippen molar-refractivity contribution in [1.82, 2.24) is 9.80 Å². The lowest BCUT2D eigenvalue weighted by Crippen LogP contribution is -2.68. The molecule has 4 aromatic rings. The van der Waals surface area contributed by atoms with Gasteiger partial charge in [-0.15, -0.1) is 0 Å². The van der Waals surface area contributed by atoms with Crippen molar-refractivity contribution >= 4 is 73.0 Å². The number of thioether (sulfide) groups is 1. The summed E-state index contributed by atoms with van der Waals surface area (Å²) in [6.07, 6.45) is 0.339.